The second-order valence-corrected chi connectivity index (χ2v) is 6.67. The molecule has 1 fully saturated rings. The summed E-state index contributed by atoms with van der Waals surface area (Å²) in [5.41, 5.74) is 3.24. The van der Waals surface area contributed by atoms with Gasteiger partial charge in [0, 0.05) is 43.4 Å². The molecule has 1 amide bonds. The monoisotopic (exact) mass is 368 g/mol. The Bertz CT molecular complexity index is 700. The van der Waals surface area contributed by atoms with Crippen molar-refractivity contribution in [2.75, 3.05) is 56.2 Å². The summed E-state index contributed by atoms with van der Waals surface area (Å²) in [6.45, 7) is 7.53. The Morgan fingerprint density at radius 2 is 1.85 bits per heavy atom. The van der Waals surface area contributed by atoms with Crippen LogP contribution in [0.1, 0.15) is 12.5 Å². The first kappa shape index (κ1) is 19.3. The lowest BCUT2D eigenvalue weighted by atomic mass is 10.2. The zero-order chi connectivity index (χ0) is 18.9. The fraction of sp³-hybridized carbons (Fsp3) is 0.429. The number of nitrogens with one attached hydrogen (secondary N) is 1. The van der Waals surface area contributed by atoms with Crippen LogP contribution < -0.4 is 10.2 Å². The summed E-state index contributed by atoms with van der Waals surface area (Å²) in [5.74, 6) is 0.0192. The second kappa shape index (κ2) is 10.0. The molecule has 0 bridgehead atoms. The Balaban J connectivity index is 1.47. The lowest BCUT2D eigenvalue weighted by molar-refractivity contribution is -0.117. The number of anilines is 2. The molecular formula is C21H28N4O2. The van der Waals surface area contributed by atoms with Gasteiger partial charge in [-0.15, -0.1) is 0 Å². The summed E-state index contributed by atoms with van der Waals surface area (Å²) in [6.07, 6.45) is 4.52. The van der Waals surface area contributed by atoms with Crippen LogP contribution in [0.4, 0.5) is 11.4 Å². The van der Waals surface area contributed by atoms with Gasteiger partial charge in [-0.1, -0.05) is 6.92 Å². The van der Waals surface area contributed by atoms with Gasteiger partial charge in [-0.2, -0.15) is 0 Å². The van der Waals surface area contributed by atoms with Crippen molar-refractivity contribution in [3.8, 4) is 0 Å². The average molecular weight is 368 g/mol. The molecule has 1 saturated heterocycles. The highest BCUT2D eigenvalue weighted by Crippen LogP contribution is 2.19. The number of hydrogen-bond acceptors (Lipinski definition) is 5. The third kappa shape index (κ3) is 6.05. The van der Waals surface area contributed by atoms with Crippen LogP contribution in [0.3, 0.4) is 0 Å². The molecule has 0 aliphatic carbocycles. The number of pyridine rings is 1. The Morgan fingerprint density at radius 1 is 1.15 bits per heavy atom. The molecule has 3 rings (SSSR count). The molecule has 0 spiro atoms. The van der Waals surface area contributed by atoms with Crippen LogP contribution in [0.15, 0.2) is 48.8 Å². The van der Waals surface area contributed by atoms with E-state index in [1.54, 1.807) is 12.4 Å². The number of amides is 1. The number of carbonyl (C=O) groups excluding carboxylic acids is 1. The standard InChI is InChI=1S/C21H28N4O2/c1-2-24(12-9-18-7-10-22-11-8-18)17-21(26)23-19-3-5-20(6-4-19)25-13-15-27-16-14-25/h3-8,10-11H,2,9,12-17H2,1H3,(H,23,26). The average Bonchev–Trinajstić information content (AvgIpc) is 2.73. The SMILES string of the molecule is CCN(CCc1ccncc1)CC(=O)Nc1ccc(N2CCOCC2)cc1. The van der Waals surface area contributed by atoms with E-state index in [4.69, 9.17) is 4.74 Å². The number of rotatable bonds is 8. The van der Waals surface area contributed by atoms with E-state index in [-0.39, 0.29) is 5.91 Å². The fourth-order valence-electron chi connectivity index (χ4n) is 3.17. The van der Waals surface area contributed by atoms with E-state index in [9.17, 15) is 4.79 Å². The summed E-state index contributed by atoms with van der Waals surface area (Å²) in [5, 5.41) is 3.00. The summed E-state index contributed by atoms with van der Waals surface area (Å²) in [7, 11) is 0. The van der Waals surface area contributed by atoms with Gasteiger partial charge in [-0.25, -0.2) is 0 Å². The highest BCUT2D eigenvalue weighted by Gasteiger charge is 2.12. The van der Waals surface area contributed by atoms with Crippen molar-refractivity contribution in [3.63, 3.8) is 0 Å². The highest BCUT2D eigenvalue weighted by atomic mass is 16.5. The second-order valence-electron chi connectivity index (χ2n) is 6.67. The predicted molar refractivity (Wildman–Crippen MR) is 108 cm³/mol. The number of nitrogens with zero attached hydrogens (tertiary/aromatic N) is 3. The Labute approximate surface area is 161 Å². The van der Waals surface area contributed by atoms with E-state index in [0.29, 0.717) is 6.54 Å². The van der Waals surface area contributed by atoms with Crippen molar-refractivity contribution in [1.29, 1.82) is 0 Å². The number of aromatic nitrogens is 1. The summed E-state index contributed by atoms with van der Waals surface area (Å²) < 4.78 is 5.39. The number of hydrogen-bond donors (Lipinski definition) is 1. The molecule has 2 heterocycles. The molecule has 1 aliphatic heterocycles. The smallest absolute Gasteiger partial charge is 0.238 e. The van der Waals surface area contributed by atoms with Crippen LogP contribution in [-0.2, 0) is 16.0 Å². The van der Waals surface area contributed by atoms with E-state index < -0.39 is 0 Å². The van der Waals surface area contributed by atoms with E-state index >= 15 is 0 Å². The first-order chi connectivity index (χ1) is 13.2. The van der Waals surface area contributed by atoms with Crippen molar-refractivity contribution in [3.05, 3.63) is 54.4 Å². The maximum atomic E-state index is 12.4. The third-order valence-corrected chi connectivity index (χ3v) is 4.81. The van der Waals surface area contributed by atoms with Gasteiger partial charge in [0.2, 0.25) is 5.91 Å². The molecule has 1 aliphatic rings. The molecule has 1 aromatic heterocycles. The van der Waals surface area contributed by atoms with Gasteiger partial charge in [-0.3, -0.25) is 14.7 Å². The lowest BCUT2D eigenvalue weighted by Gasteiger charge is -2.29. The van der Waals surface area contributed by atoms with Gasteiger partial charge < -0.3 is 15.0 Å². The highest BCUT2D eigenvalue weighted by molar-refractivity contribution is 5.92. The molecule has 6 heteroatoms. The van der Waals surface area contributed by atoms with Gasteiger partial charge in [0.15, 0.2) is 0 Å². The van der Waals surface area contributed by atoms with Crippen molar-refractivity contribution >= 4 is 17.3 Å². The minimum atomic E-state index is 0.0192. The van der Waals surface area contributed by atoms with Gasteiger partial charge in [0.05, 0.1) is 19.8 Å². The Kier molecular flexibility index (Phi) is 7.19. The molecule has 0 saturated carbocycles. The fourth-order valence-corrected chi connectivity index (χ4v) is 3.17. The number of likely N-dealkylation sites (N-methyl/N-ethyl adjacent to an activating group) is 1. The number of ether oxygens (including phenoxy) is 1. The molecular weight excluding hydrogens is 340 g/mol. The zero-order valence-electron chi connectivity index (χ0n) is 15.9. The van der Waals surface area contributed by atoms with E-state index in [2.05, 4.69) is 39.2 Å². The minimum Gasteiger partial charge on any atom is -0.378 e. The summed E-state index contributed by atoms with van der Waals surface area (Å²) in [4.78, 5) is 20.9. The first-order valence-electron chi connectivity index (χ1n) is 9.58. The van der Waals surface area contributed by atoms with Crippen molar-refractivity contribution in [2.45, 2.75) is 13.3 Å². The van der Waals surface area contributed by atoms with Crippen LogP contribution in [0.25, 0.3) is 0 Å². The van der Waals surface area contributed by atoms with Crippen LogP contribution >= 0.6 is 0 Å². The number of benzene rings is 1. The Morgan fingerprint density at radius 3 is 2.52 bits per heavy atom. The Hall–Kier alpha value is -2.44. The molecule has 1 N–H and O–H groups in total. The minimum absolute atomic E-state index is 0.0192. The molecule has 2 aromatic rings. The van der Waals surface area contributed by atoms with Crippen LogP contribution in [-0.4, -0.2) is 61.7 Å². The summed E-state index contributed by atoms with van der Waals surface area (Å²) >= 11 is 0. The topological polar surface area (TPSA) is 57.7 Å². The van der Waals surface area contributed by atoms with E-state index in [1.807, 2.05) is 24.3 Å². The van der Waals surface area contributed by atoms with Crippen LogP contribution in [0.2, 0.25) is 0 Å². The largest absolute Gasteiger partial charge is 0.378 e. The molecule has 0 unspecified atom stereocenters. The lowest BCUT2D eigenvalue weighted by Crippen LogP contribution is -2.36. The quantitative estimate of drug-likeness (QED) is 0.775. The molecule has 0 atom stereocenters. The molecule has 27 heavy (non-hydrogen) atoms. The molecule has 0 radical (unpaired) electrons. The van der Waals surface area contributed by atoms with Crippen LogP contribution in [0, 0.1) is 0 Å². The first-order valence-corrected chi connectivity index (χ1v) is 9.58. The number of carbonyl (C=O) groups is 1. The van der Waals surface area contributed by atoms with Crippen molar-refractivity contribution < 1.29 is 9.53 Å². The zero-order valence-corrected chi connectivity index (χ0v) is 15.9. The maximum Gasteiger partial charge on any atom is 0.238 e. The third-order valence-electron chi connectivity index (χ3n) is 4.81. The number of morpholine rings is 1. The molecule has 6 nitrogen and oxygen atoms in total. The van der Waals surface area contributed by atoms with Gasteiger partial charge >= 0.3 is 0 Å². The van der Waals surface area contributed by atoms with E-state index in [1.165, 1.54) is 11.3 Å². The van der Waals surface area contributed by atoms with Gasteiger partial charge in [0.1, 0.15) is 0 Å². The molecule has 1 aromatic carbocycles. The van der Waals surface area contributed by atoms with Crippen LogP contribution in [0.5, 0.6) is 0 Å². The van der Waals surface area contributed by atoms with Gasteiger partial charge in [0.25, 0.3) is 0 Å². The van der Waals surface area contributed by atoms with Gasteiger partial charge in [-0.05, 0) is 54.9 Å². The normalized spacial score (nSPS) is 14.4. The predicted octanol–water partition coefficient (Wildman–Crippen LogP) is 2.42. The maximum absolute atomic E-state index is 12.4. The summed E-state index contributed by atoms with van der Waals surface area (Å²) in [6, 6.07) is 12.1. The van der Waals surface area contributed by atoms with E-state index in [0.717, 1.165) is 51.5 Å². The van der Waals surface area contributed by atoms with Crippen molar-refractivity contribution in [1.82, 2.24) is 9.88 Å². The van der Waals surface area contributed by atoms with Crippen molar-refractivity contribution in [2.24, 2.45) is 0 Å². The molecule has 144 valence electrons.